The largest absolute Gasteiger partial charge is 0.311 e. The Morgan fingerprint density at radius 2 is 1.62 bits per heavy atom. The van der Waals surface area contributed by atoms with E-state index in [-0.39, 0.29) is 5.54 Å². The second kappa shape index (κ2) is 7.23. The number of nitrogens with zero attached hydrogens (tertiary/aromatic N) is 1. The molecule has 2 rings (SSSR count). The summed E-state index contributed by atoms with van der Waals surface area (Å²) >= 11 is 2.17. The maximum Gasteiger partial charge on any atom is 0.0149 e. The van der Waals surface area contributed by atoms with Crippen molar-refractivity contribution in [2.75, 3.05) is 26.2 Å². The van der Waals surface area contributed by atoms with Crippen LogP contribution in [-0.4, -0.2) is 47.1 Å². The van der Waals surface area contributed by atoms with Crippen molar-refractivity contribution < 1.29 is 0 Å². The molecule has 1 saturated heterocycles. The maximum absolute atomic E-state index is 3.81. The Labute approximate surface area is 136 Å². The Bertz CT molecular complexity index is 308. The number of hydrogen-bond acceptors (Lipinski definition) is 3. The van der Waals surface area contributed by atoms with Crippen LogP contribution in [0.1, 0.15) is 66.7 Å². The van der Waals surface area contributed by atoms with E-state index in [2.05, 4.69) is 56.6 Å². The van der Waals surface area contributed by atoms with E-state index in [1.54, 1.807) is 0 Å². The van der Waals surface area contributed by atoms with Gasteiger partial charge in [0.1, 0.15) is 0 Å². The maximum atomic E-state index is 3.81. The lowest BCUT2D eigenvalue weighted by molar-refractivity contribution is 0.0938. The normalized spacial score (nSPS) is 31.3. The standard InChI is InChI=1S/C18H36N2S/c1-15-11-20(12-16(2)21-15)14-18(9-7-6-8-10-18)13-19-17(3,4)5/h15-16,19H,6-14H2,1-5H3. The van der Waals surface area contributed by atoms with Crippen molar-refractivity contribution in [3.05, 3.63) is 0 Å². The first kappa shape index (κ1) is 17.6. The second-order valence-electron chi connectivity index (χ2n) is 8.62. The first-order valence-corrected chi connectivity index (χ1v) is 9.85. The fourth-order valence-corrected chi connectivity index (χ4v) is 5.42. The van der Waals surface area contributed by atoms with Crippen LogP contribution in [0.3, 0.4) is 0 Å². The predicted octanol–water partition coefficient (Wildman–Crippen LogP) is 4.15. The topological polar surface area (TPSA) is 15.3 Å². The molecule has 124 valence electrons. The zero-order valence-electron chi connectivity index (χ0n) is 14.9. The fraction of sp³-hybridized carbons (Fsp3) is 1.00. The van der Waals surface area contributed by atoms with Crippen molar-refractivity contribution in [3.63, 3.8) is 0 Å². The smallest absolute Gasteiger partial charge is 0.0149 e. The second-order valence-corrected chi connectivity index (χ2v) is 10.5. The van der Waals surface area contributed by atoms with Gasteiger partial charge in [-0.05, 0) is 39.0 Å². The van der Waals surface area contributed by atoms with Gasteiger partial charge in [0, 0.05) is 42.2 Å². The van der Waals surface area contributed by atoms with E-state index >= 15 is 0 Å². The van der Waals surface area contributed by atoms with Crippen LogP contribution in [0.2, 0.25) is 0 Å². The van der Waals surface area contributed by atoms with Crippen LogP contribution >= 0.6 is 11.8 Å². The summed E-state index contributed by atoms with van der Waals surface area (Å²) in [5.74, 6) is 0. The molecule has 1 aliphatic heterocycles. The van der Waals surface area contributed by atoms with Crippen LogP contribution in [0.4, 0.5) is 0 Å². The number of rotatable bonds is 4. The van der Waals surface area contributed by atoms with E-state index in [9.17, 15) is 0 Å². The zero-order valence-corrected chi connectivity index (χ0v) is 15.7. The minimum Gasteiger partial charge on any atom is -0.311 e. The van der Waals surface area contributed by atoms with Crippen molar-refractivity contribution in [2.45, 2.75) is 82.8 Å². The number of hydrogen-bond donors (Lipinski definition) is 1. The van der Waals surface area contributed by atoms with Crippen LogP contribution in [0.5, 0.6) is 0 Å². The van der Waals surface area contributed by atoms with Crippen molar-refractivity contribution >= 4 is 11.8 Å². The average molecular weight is 313 g/mol. The summed E-state index contributed by atoms with van der Waals surface area (Å²) in [5, 5.41) is 5.41. The molecule has 1 heterocycles. The summed E-state index contributed by atoms with van der Waals surface area (Å²) in [6.07, 6.45) is 7.14. The van der Waals surface area contributed by atoms with E-state index in [0.29, 0.717) is 5.41 Å². The molecule has 2 fully saturated rings. The highest BCUT2D eigenvalue weighted by Gasteiger charge is 2.36. The SMILES string of the molecule is CC1CN(CC2(CNC(C)(C)C)CCCCC2)CC(C)S1. The third-order valence-electron chi connectivity index (χ3n) is 4.96. The van der Waals surface area contributed by atoms with Crippen LogP contribution in [0.15, 0.2) is 0 Å². The molecule has 2 atom stereocenters. The van der Waals surface area contributed by atoms with Gasteiger partial charge in [-0.2, -0.15) is 11.8 Å². The summed E-state index contributed by atoms with van der Waals surface area (Å²) in [6, 6.07) is 0. The van der Waals surface area contributed by atoms with Gasteiger partial charge in [-0.3, -0.25) is 0 Å². The monoisotopic (exact) mass is 312 g/mol. The van der Waals surface area contributed by atoms with Gasteiger partial charge in [-0.1, -0.05) is 33.1 Å². The van der Waals surface area contributed by atoms with E-state index in [1.165, 1.54) is 58.3 Å². The fourth-order valence-electron chi connectivity index (χ4n) is 4.03. The lowest BCUT2D eigenvalue weighted by Crippen LogP contribution is -2.52. The van der Waals surface area contributed by atoms with Gasteiger partial charge in [0.15, 0.2) is 0 Å². The van der Waals surface area contributed by atoms with Gasteiger partial charge in [0.25, 0.3) is 0 Å². The molecular weight excluding hydrogens is 276 g/mol. The Morgan fingerprint density at radius 1 is 1.05 bits per heavy atom. The van der Waals surface area contributed by atoms with Crippen molar-refractivity contribution in [1.29, 1.82) is 0 Å². The lowest BCUT2D eigenvalue weighted by atomic mass is 9.73. The number of thioether (sulfide) groups is 1. The van der Waals surface area contributed by atoms with Gasteiger partial charge in [-0.15, -0.1) is 0 Å². The van der Waals surface area contributed by atoms with Crippen LogP contribution < -0.4 is 5.32 Å². The third-order valence-corrected chi connectivity index (χ3v) is 6.19. The molecule has 1 aliphatic carbocycles. The lowest BCUT2D eigenvalue weighted by Gasteiger charge is -2.45. The van der Waals surface area contributed by atoms with Gasteiger partial charge < -0.3 is 10.2 Å². The van der Waals surface area contributed by atoms with E-state index in [0.717, 1.165) is 10.5 Å². The van der Waals surface area contributed by atoms with E-state index < -0.39 is 0 Å². The van der Waals surface area contributed by atoms with Crippen molar-refractivity contribution in [2.24, 2.45) is 5.41 Å². The van der Waals surface area contributed by atoms with Gasteiger partial charge >= 0.3 is 0 Å². The van der Waals surface area contributed by atoms with Gasteiger partial charge in [0.05, 0.1) is 0 Å². The molecular formula is C18H36N2S. The molecule has 21 heavy (non-hydrogen) atoms. The molecule has 0 radical (unpaired) electrons. The van der Waals surface area contributed by atoms with Crippen molar-refractivity contribution in [3.8, 4) is 0 Å². The summed E-state index contributed by atoms with van der Waals surface area (Å²) in [4.78, 5) is 2.77. The third kappa shape index (κ3) is 5.76. The predicted molar refractivity (Wildman–Crippen MR) is 96.2 cm³/mol. The van der Waals surface area contributed by atoms with Gasteiger partial charge in [0.2, 0.25) is 0 Å². The van der Waals surface area contributed by atoms with Crippen molar-refractivity contribution in [1.82, 2.24) is 10.2 Å². The molecule has 2 unspecified atom stereocenters. The van der Waals surface area contributed by atoms with Crippen LogP contribution in [-0.2, 0) is 0 Å². The molecule has 0 aromatic rings. The first-order valence-electron chi connectivity index (χ1n) is 8.91. The van der Waals surface area contributed by atoms with Crippen LogP contribution in [0, 0.1) is 5.41 Å². The zero-order chi connectivity index (χ0) is 15.5. The molecule has 0 aromatic heterocycles. The molecule has 3 heteroatoms. The van der Waals surface area contributed by atoms with E-state index in [4.69, 9.17) is 0 Å². The Morgan fingerprint density at radius 3 is 2.14 bits per heavy atom. The molecule has 0 spiro atoms. The summed E-state index contributed by atoms with van der Waals surface area (Å²) in [7, 11) is 0. The quantitative estimate of drug-likeness (QED) is 0.839. The highest BCUT2D eigenvalue weighted by Crippen LogP contribution is 2.38. The molecule has 2 nitrogen and oxygen atoms in total. The minimum atomic E-state index is 0.239. The molecule has 0 amide bonds. The van der Waals surface area contributed by atoms with E-state index in [1.807, 2.05) is 0 Å². The Hall–Kier alpha value is 0.270. The number of nitrogens with one attached hydrogen (secondary N) is 1. The summed E-state index contributed by atoms with van der Waals surface area (Å²) < 4.78 is 0. The average Bonchev–Trinajstić information content (AvgIpc) is 2.35. The molecule has 1 saturated carbocycles. The molecule has 1 N–H and O–H groups in total. The Kier molecular flexibility index (Phi) is 6.07. The summed E-state index contributed by atoms with van der Waals surface area (Å²) in [5.41, 5.74) is 0.760. The highest BCUT2D eigenvalue weighted by molar-refractivity contribution is 8.00. The molecule has 0 aromatic carbocycles. The summed E-state index contributed by atoms with van der Waals surface area (Å²) in [6.45, 7) is 16.8. The first-order chi connectivity index (χ1) is 9.78. The molecule has 0 bridgehead atoms. The minimum absolute atomic E-state index is 0.239. The highest BCUT2D eigenvalue weighted by atomic mass is 32.2. The van der Waals surface area contributed by atoms with Crippen LogP contribution in [0.25, 0.3) is 0 Å². The molecule has 2 aliphatic rings. The van der Waals surface area contributed by atoms with Gasteiger partial charge in [-0.25, -0.2) is 0 Å². The Balaban J connectivity index is 1.98.